The van der Waals surface area contributed by atoms with Gasteiger partial charge in [-0.15, -0.1) is 0 Å². The summed E-state index contributed by atoms with van der Waals surface area (Å²) in [7, 11) is 0. The van der Waals surface area contributed by atoms with Crippen LogP contribution in [0, 0.1) is 0 Å². The molecular weight excluding hydrogens is 308 g/mol. The van der Waals surface area contributed by atoms with Crippen molar-refractivity contribution in [3.63, 3.8) is 0 Å². The second kappa shape index (κ2) is 5.92. The minimum atomic E-state index is -0.181. The minimum absolute atomic E-state index is 0.135. The number of hydrogen-bond donors (Lipinski definition) is 1. The van der Waals surface area contributed by atoms with Gasteiger partial charge in [0.25, 0.3) is 0 Å². The van der Waals surface area contributed by atoms with Crippen molar-refractivity contribution < 1.29 is 4.79 Å². The fraction of sp³-hybridized carbons (Fsp3) is 0.471. The molecule has 0 radical (unpaired) electrons. The Bertz CT molecular complexity index is 854. The zero-order valence-electron chi connectivity index (χ0n) is 14.0. The van der Waals surface area contributed by atoms with Gasteiger partial charge in [0.05, 0.1) is 10.9 Å². The highest BCUT2D eigenvalue weighted by molar-refractivity contribution is 7.12. The van der Waals surface area contributed by atoms with Crippen LogP contribution < -0.4 is 15.5 Å². The van der Waals surface area contributed by atoms with E-state index in [1.165, 1.54) is 6.92 Å². The summed E-state index contributed by atoms with van der Waals surface area (Å²) in [5.41, 5.74) is 1.02. The van der Waals surface area contributed by atoms with Crippen LogP contribution in [0.4, 0.5) is 5.82 Å². The van der Waals surface area contributed by atoms with Crippen LogP contribution in [0.1, 0.15) is 34.1 Å². The molecule has 3 aliphatic rings. The van der Waals surface area contributed by atoms with E-state index < -0.39 is 0 Å². The van der Waals surface area contributed by atoms with Gasteiger partial charge in [-0.05, 0) is 45.4 Å². The molecule has 1 aliphatic carbocycles. The Hall–Kier alpha value is -1.95. The van der Waals surface area contributed by atoms with Crippen molar-refractivity contribution in [2.45, 2.75) is 46.2 Å². The second-order valence-corrected chi connectivity index (χ2v) is 7.77. The molecule has 0 fully saturated rings. The summed E-state index contributed by atoms with van der Waals surface area (Å²) in [5.74, 6) is 0.932. The fourth-order valence-corrected chi connectivity index (χ4v) is 3.91. The van der Waals surface area contributed by atoms with E-state index in [0.29, 0.717) is 5.36 Å². The van der Waals surface area contributed by atoms with Crippen LogP contribution in [0.25, 0.3) is 10.4 Å². The predicted molar refractivity (Wildman–Crippen MR) is 93.6 cm³/mol. The van der Waals surface area contributed by atoms with Gasteiger partial charge in [0.1, 0.15) is 5.82 Å². The van der Waals surface area contributed by atoms with Gasteiger partial charge in [0.15, 0.2) is 4.80 Å². The van der Waals surface area contributed by atoms with Crippen LogP contribution in [0.5, 0.6) is 0 Å². The summed E-state index contributed by atoms with van der Waals surface area (Å²) >= 11 is 1.65. The van der Waals surface area contributed by atoms with Gasteiger partial charge in [-0.2, -0.15) is 0 Å². The Kier molecular flexibility index (Phi) is 4.10. The molecular formula is C17H22N4OS. The average Bonchev–Trinajstić information content (AvgIpc) is 2.45. The number of benzene rings is 1. The van der Waals surface area contributed by atoms with Crippen LogP contribution in [0.3, 0.4) is 0 Å². The third-order valence-corrected chi connectivity index (χ3v) is 4.54. The monoisotopic (exact) mass is 330 g/mol. The zero-order chi connectivity index (χ0) is 16.6. The van der Waals surface area contributed by atoms with E-state index in [0.717, 1.165) is 40.6 Å². The first-order chi connectivity index (χ1) is 10.8. The van der Waals surface area contributed by atoms with Crippen LogP contribution in [0.2, 0.25) is 0 Å². The number of amides is 1. The second-order valence-electron chi connectivity index (χ2n) is 6.76. The van der Waals surface area contributed by atoms with E-state index in [1.807, 2.05) is 18.2 Å². The largest absolute Gasteiger partial charge is 0.371 e. The average molecular weight is 330 g/mol. The number of nitrogens with one attached hydrogen (secondary N) is 1. The van der Waals surface area contributed by atoms with Crippen LogP contribution >= 0.6 is 11.3 Å². The Labute approximate surface area is 139 Å². The Balaban J connectivity index is 2.34. The molecule has 2 heterocycles. The van der Waals surface area contributed by atoms with E-state index in [9.17, 15) is 4.79 Å². The van der Waals surface area contributed by atoms with Crippen molar-refractivity contribution in [1.29, 1.82) is 0 Å². The van der Waals surface area contributed by atoms with E-state index in [4.69, 9.17) is 4.99 Å². The Morgan fingerprint density at radius 3 is 2.83 bits per heavy atom. The van der Waals surface area contributed by atoms with E-state index in [-0.39, 0.29) is 11.4 Å². The maximum atomic E-state index is 11.2. The molecule has 0 aromatic rings. The summed E-state index contributed by atoms with van der Waals surface area (Å²) in [4.78, 5) is 22.3. The molecule has 1 N–H and O–H groups in total. The molecule has 6 heteroatoms. The predicted octanol–water partition coefficient (Wildman–Crippen LogP) is 2.62. The van der Waals surface area contributed by atoms with Gasteiger partial charge in [-0.25, -0.2) is 4.99 Å². The molecule has 0 saturated carbocycles. The highest BCUT2D eigenvalue weighted by Gasteiger charge is 2.18. The maximum absolute atomic E-state index is 11.2. The quantitative estimate of drug-likeness (QED) is 0.807. The van der Waals surface area contributed by atoms with Crippen molar-refractivity contribution in [1.82, 2.24) is 4.57 Å². The van der Waals surface area contributed by atoms with Gasteiger partial charge in [-0.1, -0.05) is 11.3 Å². The lowest BCUT2D eigenvalue weighted by Gasteiger charge is -2.25. The third-order valence-electron chi connectivity index (χ3n) is 3.49. The van der Waals surface area contributed by atoms with Crippen LogP contribution in [0.15, 0.2) is 28.2 Å². The topological polar surface area (TPSA) is 58.8 Å². The number of carbonyl (C=O) groups is 1. The molecule has 0 unspecified atom stereocenters. The first-order valence-electron chi connectivity index (χ1n) is 7.86. The summed E-state index contributed by atoms with van der Waals surface area (Å²) in [6.45, 7) is 9.73. The van der Waals surface area contributed by atoms with Gasteiger partial charge in [-0.3, -0.25) is 9.79 Å². The van der Waals surface area contributed by atoms with E-state index in [1.54, 1.807) is 11.3 Å². The molecule has 5 nitrogen and oxygen atoms in total. The number of nitrogens with zero attached hydrogens (tertiary/aromatic N) is 3. The fourth-order valence-electron chi connectivity index (χ4n) is 2.65. The summed E-state index contributed by atoms with van der Waals surface area (Å²) in [5, 5.41) is 4.20. The highest BCUT2D eigenvalue weighted by atomic mass is 32.1. The maximum Gasteiger partial charge on any atom is 0.243 e. The molecule has 0 aromatic carbocycles. The molecule has 122 valence electrons. The standard InChI is InChI=1S/C17H22N4OS/c1-11(22)19-12-6-7-13-14(10-12)23-16(20-17(2,3)4)21-9-5-8-18-15(13)21/h6-7,10,18H,5,8-9H2,1-4H3. The van der Waals surface area contributed by atoms with Gasteiger partial charge in [0.2, 0.25) is 5.91 Å². The normalized spacial score (nSPS) is 16.3. The van der Waals surface area contributed by atoms with Gasteiger partial charge >= 0.3 is 0 Å². The van der Waals surface area contributed by atoms with Crippen molar-refractivity contribution in [2.24, 2.45) is 9.98 Å². The van der Waals surface area contributed by atoms with Crippen molar-refractivity contribution in [3.05, 3.63) is 28.4 Å². The SMILES string of the molecule is CC(=O)N=c1ccc2c3n(c(=NC(C)(C)C)sc-2c1)CCCN3. The summed E-state index contributed by atoms with van der Waals surface area (Å²) < 4.78 is 2.27. The number of fused-ring (bicyclic) bond motifs is 3. The lowest BCUT2D eigenvalue weighted by Crippen LogP contribution is -2.31. The smallest absolute Gasteiger partial charge is 0.243 e. The lowest BCUT2D eigenvalue weighted by molar-refractivity contribution is -0.116. The summed E-state index contributed by atoms with van der Waals surface area (Å²) in [6.07, 6.45) is 1.10. The number of rotatable bonds is 0. The first kappa shape index (κ1) is 15.9. The summed E-state index contributed by atoms with van der Waals surface area (Å²) in [6, 6.07) is 5.91. The zero-order valence-corrected chi connectivity index (χ0v) is 14.8. The molecule has 0 spiro atoms. The highest BCUT2D eigenvalue weighted by Crippen LogP contribution is 2.31. The molecule has 0 atom stereocenters. The molecule has 2 aliphatic heterocycles. The van der Waals surface area contributed by atoms with Crippen LogP contribution in [-0.2, 0) is 11.3 Å². The molecule has 0 saturated heterocycles. The molecule has 3 rings (SSSR count). The molecule has 0 bridgehead atoms. The number of carbonyl (C=O) groups excluding carboxylic acids is 1. The molecule has 0 aromatic heterocycles. The van der Waals surface area contributed by atoms with Crippen molar-refractivity contribution in [2.75, 3.05) is 11.9 Å². The number of hydrogen-bond acceptors (Lipinski definition) is 4. The van der Waals surface area contributed by atoms with Gasteiger partial charge in [0, 0.05) is 30.5 Å². The molecule has 1 amide bonds. The van der Waals surface area contributed by atoms with Gasteiger partial charge < -0.3 is 9.88 Å². The number of aromatic nitrogens is 1. The van der Waals surface area contributed by atoms with Crippen molar-refractivity contribution >= 4 is 23.1 Å². The molecule has 23 heavy (non-hydrogen) atoms. The number of anilines is 1. The van der Waals surface area contributed by atoms with Crippen LogP contribution in [-0.4, -0.2) is 22.6 Å². The van der Waals surface area contributed by atoms with Crippen molar-refractivity contribution in [3.8, 4) is 10.4 Å². The van der Waals surface area contributed by atoms with E-state index >= 15 is 0 Å². The Morgan fingerprint density at radius 2 is 2.13 bits per heavy atom. The minimum Gasteiger partial charge on any atom is -0.371 e. The Morgan fingerprint density at radius 1 is 1.35 bits per heavy atom. The third kappa shape index (κ3) is 3.52. The lowest BCUT2D eigenvalue weighted by atomic mass is 10.1. The van der Waals surface area contributed by atoms with E-state index in [2.05, 4.69) is 35.6 Å². The first-order valence-corrected chi connectivity index (χ1v) is 8.68.